The summed E-state index contributed by atoms with van der Waals surface area (Å²) in [5, 5.41) is 4.57. The van der Waals surface area contributed by atoms with Crippen LogP contribution in [0.5, 0.6) is 11.6 Å². The summed E-state index contributed by atoms with van der Waals surface area (Å²) in [6, 6.07) is 0.306. The molecule has 31 heavy (non-hydrogen) atoms. The minimum Gasteiger partial charge on any atom is -0.460 e. The van der Waals surface area contributed by atoms with Gasteiger partial charge in [-0.25, -0.2) is 9.97 Å². The molecule has 5 atom stereocenters. The molecule has 2 bridgehead atoms. The number of hydrogen-bond donors (Lipinski definition) is 1. The highest BCUT2D eigenvalue weighted by atomic mass is 79.9. The van der Waals surface area contributed by atoms with E-state index in [-0.39, 0.29) is 23.1 Å². The molecule has 0 saturated heterocycles. The number of carbonyl (C=O) groups is 1. The Morgan fingerprint density at radius 3 is 2.84 bits per heavy atom. The Balaban J connectivity index is 1.28. The summed E-state index contributed by atoms with van der Waals surface area (Å²) in [5.74, 6) is 2.61. The van der Waals surface area contributed by atoms with Gasteiger partial charge in [-0.15, -0.1) is 0 Å². The van der Waals surface area contributed by atoms with E-state index in [0.29, 0.717) is 34.1 Å². The summed E-state index contributed by atoms with van der Waals surface area (Å²) in [4.78, 5) is 21.3. The molecule has 2 aromatic heterocycles. The number of nitrogens with zero attached hydrogens (tertiary/aromatic N) is 4. The fourth-order valence-electron chi connectivity index (χ4n) is 5.95. The van der Waals surface area contributed by atoms with Gasteiger partial charge in [-0.2, -0.15) is 5.10 Å². The first-order valence-electron chi connectivity index (χ1n) is 10.9. The zero-order chi connectivity index (χ0) is 22.0. The number of ether oxygens (including phenoxy) is 2. The predicted octanol–water partition coefficient (Wildman–Crippen LogP) is 4.52. The third-order valence-corrected chi connectivity index (χ3v) is 7.42. The van der Waals surface area contributed by atoms with Crippen LogP contribution in [0.3, 0.4) is 0 Å². The molecule has 3 fully saturated rings. The van der Waals surface area contributed by atoms with Gasteiger partial charge in [-0.1, -0.05) is 0 Å². The quantitative estimate of drug-likeness (QED) is 0.629. The Hall–Kier alpha value is -2.16. The lowest BCUT2D eigenvalue weighted by molar-refractivity contribution is -0.185. The summed E-state index contributed by atoms with van der Waals surface area (Å²) < 4.78 is 14.2. The highest BCUT2D eigenvalue weighted by molar-refractivity contribution is 9.10. The monoisotopic (exact) mass is 489 g/mol. The van der Waals surface area contributed by atoms with Gasteiger partial charge < -0.3 is 15.2 Å². The maximum absolute atomic E-state index is 13.0. The molecule has 9 heteroatoms. The summed E-state index contributed by atoms with van der Waals surface area (Å²) in [5.41, 5.74) is 5.18. The number of fused-ring (bicyclic) bond motifs is 1. The molecule has 3 saturated carbocycles. The number of nitrogen functional groups attached to an aromatic ring is 1. The molecule has 3 aliphatic rings. The van der Waals surface area contributed by atoms with Crippen molar-refractivity contribution in [1.82, 2.24) is 19.7 Å². The van der Waals surface area contributed by atoms with Crippen LogP contribution < -0.4 is 10.5 Å². The third-order valence-electron chi connectivity index (χ3n) is 7.04. The van der Waals surface area contributed by atoms with E-state index in [2.05, 4.69) is 31.0 Å². The van der Waals surface area contributed by atoms with Crippen molar-refractivity contribution in [2.75, 3.05) is 5.73 Å². The minimum atomic E-state index is -0.431. The number of carbonyl (C=O) groups excluding carboxylic acids is 1. The molecule has 8 nitrogen and oxygen atoms in total. The summed E-state index contributed by atoms with van der Waals surface area (Å²) in [6.45, 7) is 5.85. The van der Waals surface area contributed by atoms with Gasteiger partial charge in [0.1, 0.15) is 10.2 Å². The molecule has 0 aliphatic heterocycles. The Labute approximate surface area is 190 Å². The minimum absolute atomic E-state index is 0.0182. The van der Waals surface area contributed by atoms with Gasteiger partial charge in [0, 0.05) is 0 Å². The van der Waals surface area contributed by atoms with Crippen LogP contribution in [0.15, 0.2) is 23.2 Å². The van der Waals surface area contributed by atoms with Crippen molar-refractivity contribution in [1.29, 1.82) is 0 Å². The van der Waals surface area contributed by atoms with Gasteiger partial charge in [0.15, 0.2) is 11.6 Å². The van der Waals surface area contributed by atoms with Gasteiger partial charge in [-0.05, 0) is 86.6 Å². The second-order valence-electron chi connectivity index (χ2n) is 10.3. The van der Waals surface area contributed by atoms with Crippen molar-refractivity contribution >= 4 is 27.7 Å². The Morgan fingerprint density at radius 1 is 1.26 bits per heavy atom. The van der Waals surface area contributed by atoms with Crippen LogP contribution in [0, 0.1) is 23.2 Å². The van der Waals surface area contributed by atoms with Crippen molar-refractivity contribution in [3.8, 4) is 11.6 Å². The first-order valence-corrected chi connectivity index (χ1v) is 11.7. The normalized spacial score (nSPS) is 31.6. The molecule has 0 radical (unpaired) electrons. The van der Waals surface area contributed by atoms with Gasteiger partial charge in [0.25, 0.3) is 5.88 Å². The molecule has 2 aromatic rings. The average molecular weight is 490 g/mol. The van der Waals surface area contributed by atoms with Crippen molar-refractivity contribution in [2.24, 2.45) is 23.2 Å². The average Bonchev–Trinajstić information content (AvgIpc) is 3.17. The highest BCUT2D eigenvalue weighted by Gasteiger charge is 2.65. The Kier molecular flexibility index (Phi) is 4.80. The number of anilines is 1. The summed E-state index contributed by atoms with van der Waals surface area (Å²) in [7, 11) is 0. The molecule has 2 N–H and O–H groups in total. The van der Waals surface area contributed by atoms with Gasteiger partial charge in [0.05, 0.1) is 30.0 Å². The smallest absolute Gasteiger partial charge is 0.312 e. The lowest BCUT2D eigenvalue weighted by atomic mass is 9.53. The van der Waals surface area contributed by atoms with Crippen molar-refractivity contribution in [3.05, 3.63) is 23.2 Å². The molecule has 5 rings (SSSR count). The molecule has 2 heterocycles. The second-order valence-corrected chi connectivity index (χ2v) is 11.1. The molecule has 0 aromatic carbocycles. The van der Waals surface area contributed by atoms with E-state index in [1.54, 1.807) is 6.20 Å². The van der Waals surface area contributed by atoms with Gasteiger partial charge in [-0.3, -0.25) is 9.48 Å². The zero-order valence-electron chi connectivity index (χ0n) is 18.0. The molecular formula is C22H28BrN5O3. The third kappa shape index (κ3) is 3.70. The van der Waals surface area contributed by atoms with E-state index in [1.807, 2.05) is 31.6 Å². The number of halogens is 1. The maximum Gasteiger partial charge on any atom is 0.312 e. The van der Waals surface area contributed by atoms with Crippen molar-refractivity contribution < 1.29 is 14.3 Å². The fraction of sp³-hybridized carbons (Fsp3) is 0.636. The number of rotatable bonds is 4. The predicted molar refractivity (Wildman–Crippen MR) is 117 cm³/mol. The van der Waals surface area contributed by atoms with Crippen LogP contribution in [0.2, 0.25) is 0 Å². The largest absolute Gasteiger partial charge is 0.460 e. The van der Waals surface area contributed by atoms with Crippen molar-refractivity contribution in [3.63, 3.8) is 0 Å². The first kappa shape index (κ1) is 20.7. The van der Waals surface area contributed by atoms with Gasteiger partial charge in [0.2, 0.25) is 0 Å². The molecule has 1 unspecified atom stereocenters. The zero-order valence-corrected chi connectivity index (χ0v) is 19.6. The lowest BCUT2D eigenvalue weighted by Gasteiger charge is -2.51. The number of aromatic nitrogens is 4. The summed E-state index contributed by atoms with van der Waals surface area (Å²) >= 11 is 3.28. The van der Waals surface area contributed by atoms with Crippen LogP contribution in [-0.2, 0) is 9.53 Å². The number of hydrogen-bond acceptors (Lipinski definition) is 7. The van der Waals surface area contributed by atoms with Gasteiger partial charge >= 0.3 is 5.97 Å². The van der Waals surface area contributed by atoms with E-state index in [0.717, 1.165) is 32.1 Å². The number of nitrogens with two attached hydrogens (primary N) is 1. The topological polar surface area (TPSA) is 105 Å². The van der Waals surface area contributed by atoms with E-state index in [1.165, 1.54) is 6.20 Å². The van der Waals surface area contributed by atoms with Crippen molar-refractivity contribution in [2.45, 2.75) is 64.5 Å². The molecule has 166 valence electrons. The lowest BCUT2D eigenvalue weighted by Crippen LogP contribution is -2.52. The molecule has 0 amide bonds. The van der Waals surface area contributed by atoms with Crippen LogP contribution >= 0.6 is 15.9 Å². The fourth-order valence-corrected chi connectivity index (χ4v) is 6.22. The first-order chi connectivity index (χ1) is 14.6. The molecule has 0 spiro atoms. The van der Waals surface area contributed by atoms with E-state index in [4.69, 9.17) is 15.2 Å². The van der Waals surface area contributed by atoms with E-state index in [9.17, 15) is 4.79 Å². The standard InChI is InChI=1S/C22H28BrN5O3/c1-21(2,3)31-20(29)22-7-12-4-14(6-13(8-22)16(22)5-12)28-11-15(9-26-28)30-19-18(24)25-10-17(23)27-19/h9-14,16H,4-8H2,1-3H3,(H2,24,25)/t12-,13-,14-,16?,22+/m1/s1. The van der Waals surface area contributed by atoms with Crippen LogP contribution in [-0.4, -0.2) is 31.3 Å². The SMILES string of the molecule is CC(C)(C)OC(=O)[C@]12C[C@H]3CC1[C@H](C[C@H](n1cc(Oc4nc(Br)cnc4N)cn1)C3)C2. The summed E-state index contributed by atoms with van der Waals surface area (Å²) in [6.07, 6.45) is 10.2. The van der Waals surface area contributed by atoms with Crippen LogP contribution in [0.4, 0.5) is 5.82 Å². The number of esters is 1. The molecule has 3 aliphatic carbocycles. The van der Waals surface area contributed by atoms with Crippen LogP contribution in [0.1, 0.15) is 58.9 Å². The molecular weight excluding hydrogens is 462 g/mol. The maximum atomic E-state index is 13.0. The highest BCUT2D eigenvalue weighted by Crippen LogP contribution is 2.68. The van der Waals surface area contributed by atoms with Crippen LogP contribution in [0.25, 0.3) is 0 Å². The Morgan fingerprint density at radius 2 is 2.06 bits per heavy atom. The second kappa shape index (κ2) is 7.18. The Bertz CT molecular complexity index is 1010. The van der Waals surface area contributed by atoms with E-state index >= 15 is 0 Å². The van der Waals surface area contributed by atoms with E-state index < -0.39 is 5.60 Å².